The van der Waals surface area contributed by atoms with E-state index in [-0.39, 0.29) is 0 Å². The quantitative estimate of drug-likeness (QED) is 0.901. The maximum atomic E-state index is 12.5. The molecule has 1 aliphatic rings. The van der Waals surface area contributed by atoms with E-state index < -0.39 is 10.0 Å². The van der Waals surface area contributed by atoms with Gasteiger partial charge in [0.15, 0.2) is 0 Å². The minimum atomic E-state index is -3.35. The van der Waals surface area contributed by atoms with Crippen LogP contribution in [0.1, 0.15) is 25.8 Å². The number of hydrogen-bond donors (Lipinski definition) is 1. The van der Waals surface area contributed by atoms with E-state index in [0.717, 1.165) is 30.6 Å². The average molecular weight is 282 g/mol. The smallest absolute Gasteiger partial charge is 0.242 e. The van der Waals surface area contributed by atoms with Crippen LogP contribution in [0.15, 0.2) is 23.1 Å². The Hall–Kier alpha value is -1.07. The summed E-state index contributed by atoms with van der Waals surface area (Å²) in [6.07, 6.45) is 1.77. The molecule has 0 radical (unpaired) electrons. The molecule has 0 unspecified atom stereocenters. The molecule has 0 atom stereocenters. The van der Waals surface area contributed by atoms with Gasteiger partial charge in [-0.3, -0.25) is 0 Å². The van der Waals surface area contributed by atoms with E-state index in [0.29, 0.717) is 17.4 Å². The molecule has 1 aromatic rings. The molecule has 1 heterocycles. The van der Waals surface area contributed by atoms with Crippen molar-refractivity contribution in [2.45, 2.75) is 31.6 Å². The van der Waals surface area contributed by atoms with Crippen molar-refractivity contribution in [3.05, 3.63) is 23.8 Å². The minimum Gasteiger partial charge on any atom is -0.384 e. The highest BCUT2D eigenvalue weighted by molar-refractivity contribution is 7.89. The van der Waals surface area contributed by atoms with Gasteiger partial charge in [0.2, 0.25) is 10.0 Å². The molecular weight excluding hydrogens is 260 g/mol. The first-order valence-electron chi connectivity index (χ1n) is 6.74. The molecule has 0 aliphatic carbocycles. The molecule has 4 nitrogen and oxygen atoms in total. The second kappa shape index (κ2) is 5.51. The Labute approximate surface area is 115 Å². The number of anilines is 1. The summed E-state index contributed by atoms with van der Waals surface area (Å²) in [4.78, 5) is 0.404. The molecule has 1 N–H and O–H groups in total. The monoisotopic (exact) mass is 282 g/mol. The van der Waals surface area contributed by atoms with E-state index in [1.807, 2.05) is 6.07 Å². The van der Waals surface area contributed by atoms with E-state index in [1.165, 1.54) is 4.31 Å². The summed E-state index contributed by atoms with van der Waals surface area (Å²) in [6, 6.07) is 5.36. The van der Waals surface area contributed by atoms with Crippen molar-refractivity contribution < 1.29 is 8.42 Å². The molecule has 0 amide bonds. The Morgan fingerprint density at radius 1 is 1.37 bits per heavy atom. The van der Waals surface area contributed by atoms with Gasteiger partial charge in [0, 0.05) is 25.8 Å². The van der Waals surface area contributed by atoms with Gasteiger partial charge in [-0.15, -0.1) is 0 Å². The number of sulfonamides is 1. The summed E-state index contributed by atoms with van der Waals surface area (Å²) in [5, 5.41) is 3.24. The molecule has 0 saturated carbocycles. The predicted molar refractivity (Wildman–Crippen MR) is 77.9 cm³/mol. The largest absolute Gasteiger partial charge is 0.384 e. The third kappa shape index (κ3) is 3.09. The second-order valence-corrected chi connectivity index (χ2v) is 7.55. The number of hydrogen-bond acceptors (Lipinski definition) is 3. The van der Waals surface area contributed by atoms with E-state index in [1.54, 1.807) is 19.2 Å². The molecule has 0 aromatic heterocycles. The van der Waals surface area contributed by atoms with Crippen LogP contribution in [0.3, 0.4) is 0 Å². The van der Waals surface area contributed by atoms with Crippen LogP contribution in [0.2, 0.25) is 0 Å². The highest BCUT2D eigenvalue weighted by Gasteiger charge is 2.22. The fraction of sp³-hybridized carbons (Fsp3) is 0.571. The Morgan fingerprint density at radius 2 is 2.11 bits per heavy atom. The molecule has 1 aromatic carbocycles. The Morgan fingerprint density at radius 3 is 2.79 bits per heavy atom. The van der Waals surface area contributed by atoms with Crippen molar-refractivity contribution in [1.82, 2.24) is 4.31 Å². The normalized spacial score (nSPS) is 14.8. The fourth-order valence-corrected chi connectivity index (χ4v) is 3.42. The first-order valence-corrected chi connectivity index (χ1v) is 8.18. The number of nitrogens with zero attached hydrogens (tertiary/aromatic N) is 1. The lowest BCUT2D eigenvalue weighted by Gasteiger charge is -2.18. The Kier molecular flexibility index (Phi) is 4.16. The highest BCUT2D eigenvalue weighted by atomic mass is 32.2. The van der Waals surface area contributed by atoms with Crippen molar-refractivity contribution in [2.24, 2.45) is 5.92 Å². The number of rotatable bonds is 5. The van der Waals surface area contributed by atoms with Crippen molar-refractivity contribution in [3.8, 4) is 0 Å². The summed E-state index contributed by atoms with van der Waals surface area (Å²) in [5.41, 5.74) is 2.15. The van der Waals surface area contributed by atoms with E-state index in [4.69, 9.17) is 0 Å². The molecular formula is C14H22N2O2S. The summed E-state index contributed by atoms with van der Waals surface area (Å²) in [7, 11) is -1.69. The minimum absolute atomic E-state index is 0.404. The molecule has 19 heavy (non-hydrogen) atoms. The highest BCUT2D eigenvalue weighted by Crippen LogP contribution is 2.26. The first kappa shape index (κ1) is 14.3. The maximum absolute atomic E-state index is 12.5. The summed E-state index contributed by atoms with van der Waals surface area (Å²) in [6.45, 7) is 5.65. The van der Waals surface area contributed by atoms with Gasteiger partial charge in [0.05, 0.1) is 4.90 Å². The van der Waals surface area contributed by atoms with Crippen LogP contribution >= 0.6 is 0 Å². The molecule has 5 heteroatoms. The van der Waals surface area contributed by atoms with Gasteiger partial charge in [-0.1, -0.05) is 13.8 Å². The molecule has 106 valence electrons. The number of benzene rings is 1. The van der Waals surface area contributed by atoms with E-state index in [2.05, 4.69) is 19.2 Å². The van der Waals surface area contributed by atoms with Gasteiger partial charge in [0.25, 0.3) is 0 Å². The summed E-state index contributed by atoms with van der Waals surface area (Å²) >= 11 is 0. The fourth-order valence-electron chi connectivity index (χ4n) is 2.18. The number of fused-ring (bicyclic) bond motifs is 1. The van der Waals surface area contributed by atoms with Crippen LogP contribution in [0.5, 0.6) is 0 Å². The molecule has 1 aliphatic heterocycles. The lowest BCUT2D eigenvalue weighted by molar-refractivity contribution is 0.428. The van der Waals surface area contributed by atoms with Crippen LogP contribution in [0.4, 0.5) is 5.69 Å². The molecule has 0 spiro atoms. The van der Waals surface area contributed by atoms with E-state index >= 15 is 0 Å². The average Bonchev–Trinajstić information content (AvgIpc) is 2.82. The van der Waals surface area contributed by atoms with Crippen LogP contribution in [-0.2, 0) is 16.4 Å². The van der Waals surface area contributed by atoms with Gasteiger partial charge in [-0.05, 0) is 42.5 Å². The summed E-state index contributed by atoms with van der Waals surface area (Å²) < 4.78 is 26.4. The molecule has 0 fully saturated rings. The second-order valence-electron chi connectivity index (χ2n) is 5.50. The zero-order chi connectivity index (χ0) is 14.0. The van der Waals surface area contributed by atoms with Gasteiger partial charge in [0.1, 0.15) is 0 Å². The first-order chi connectivity index (χ1) is 8.91. The van der Waals surface area contributed by atoms with Gasteiger partial charge in [-0.2, -0.15) is 0 Å². The predicted octanol–water partition coefficient (Wildman–Crippen LogP) is 2.32. The van der Waals surface area contributed by atoms with E-state index in [9.17, 15) is 8.42 Å². The van der Waals surface area contributed by atoms with Gasteiger partial charge < -0.3 is 5.32 Å². The Bertz CT molecular complexity index is 553. The zero-order valence-electron chi connectivity index (χ0n) is 11.8. The standard InChI is InChI=1S/C14H22N2O2S/c1-11(2)7-9-16(3)19(17,18)13-4-5-14-12(10-13)6-8-15-14/h4-5,10-11,15H,6-9H2,1-3H3. The van der Waals surface area contributed by atoms with Crippen LogP contribution in [0, 0.1) is 5.92 Å². The van der Waals surface area contributed by atoms with Gasteiger partial charge >= 0.3 is 0 Å². The Balaban J connectivity index is 2.19. The van der Waals surface area contributed by atoms with Crippen LogP contribution in [0.25, 0.3) is 0 Å². The molecule has 0 saturated heterocycles. The zero-order valence-corrected chi connectivity index (χ0v) is 12.6. The van der Waals surface area contributed by atoms with Crippen molar-refractivity contribution in [2.75, 3.05) is 25.5 Å². The lowest BCUT2D eigenvalue weighted by Crippen LogP contribution is -2.28. The van der Waals surface area contributed by atoms with Gasteiger partial charge in [-0.25, -0.2) is 12.7 Å². The number of nitrogens with one attached hydrogen (secondary N) is 1. The van der Waals surface area contributed by atoms with Crippen LogP contribution < -0.4 is 5.32 Å². The molecule has 2 rings (SSSR count). The SMILES string of the molecule is CC(C)CCN(C)S(=O)(=O)c1ccc2c(c1)CCN2. The van der Waals surface area contributed by atoms with Crippen molar-refractivity contribution >= 4 is 15.7 Å². The van der Waals surface area contributed by atoms with Crippen molar-refractivity contribution in [1.29, 1.82) is 0 Å². The third-order valence-electron chi connectivity index (χ3n) is 3.52. The lowest BCUT2D eigenvalue weighted by atomic mass is 10.1. The maximum Gasteiger partial charge on any atom is 0.242 e. The summed E-state index contributed by atoms with van der Waals surface area (Å²) in [5.74, 6) is 0.502. The van der Waals surface area contributed by atoms with Crippen molar-refractivity contribution in [3.63, 3.8) is 0 Å². The van der Waals surface area contributed by atoms with Crippen LogP contribution in [-0.4, -0.2) is 32.9 Å². The third-order valence-corrected chi connectivity index (χ3v) is 5.37. The topological polar surface area (TPSA) is 49.4 Å². The molecule has 0 bridgehead atoms.